The van der Waals surface area contributed by atoms with Gasteiger partial charge in [0.25, 0.3) is 0 Å². The molecule has 0 aromatic heterocycles. The minimum absolute atomic E-state index is 0.127. The molecule has 0 bridgehead atoms. The maximum absolute atomic E-state index is 12.1. The minimum atomic E-state index is 0.127. The zero-order valence-corrected chi connectivity index (χ0v) is 10.8. The monoisotopic (exact) mass is 251 g/mol. The average molecular weight is 251 g/mol. The smallest absolute Gasteiger partial charge is 0.157 e. The van der Waals surface area contributed by atoms with Crippen molar-refractivity contribution in [3.05, 3.63) is 66.2 Å². The SMILES string of the molecule is O=C1CN(c2ccccc2)C[C@H]1Cc1ccccc1. The van der Waals surface area contributed by atoms with Gasteiger partial charge in [-0.2, -0.15) is 0 Å². The Kier molecular flexibility index (Phi) is 3.32. The normalized spacial score (nSPS) is 18.8. The minimum Gasteiger partial charge on any atom is -0.363 e. The van der Waals surface area contributed by atoms with Gasteiger partial charge in [-0.3, -0.25) is 4.79 Å². The molecule has 0 radical (unpaired) electrons. The quantitative estimate of drug-likeness (QED) is 0.836. The van der Waals surface area contributed by atoms with Gasteiger partial charge in [0.05, 0.1) is 6.54 Å². The highest BCUT2D eigenvalue weighted by Crippen LogP contribution is 2.23. The first-order valence-corrected chi connectivity index (χ1v) is 6.69. The summed E-state index contributed by atoms with van der Waals surface area (Å²) in [7, 11) is 0. The molecule has 1 atom stereocenters. The summed E-state index contributed by atoms with van der Waals surface area (Å²) in [4.78, 5) is 14.3. The standard InChI is InChI=1S/C17H17NO/c19-17-13-18(16-9-5-2-6-10-16)12-15(17)11-14-7-3-1-4-8-14/h1-10,15H,11-13H2/t15-/m1/s1. The molecule has 2 aromatic carbocycles. The molecular weight excluding hydrogens is 234 g/mol. The average Bonchev–Trinajstić information content (AvgIpc) is 2.82. The van der Waals surface area contributed by atoms with Crippen molar-refractivity contribution in [2.24, 2.45) is 5.92 Å². The maximum Gasteiger partial charge on any atom is 0.157 e. The lowest BCUT2D eigenvalue weighted by molar-refractivity contribution is -0.119. The molecule has 0 unspecified atom stereocenters. The van der Waals surface area contributed by atoms with E-state index in [4.69, 9.17) is 0 Å². The molecule has 2 aromatic rings. The fourth-order valence-corrected chi connectivity index (χ4v) is 2.66. The van der Waals surface area contributed by atoms with Crippen molar-refractivity contribution in [2.75, 3.05) is 18.0 Å². The summed E-state index contributed by atoms with van der Waals surface area (Å²) in [5.41, 5.74) is 2.39. The van der Waals surface area contributed by atoms with E-state index in [9.17, 15) is 4.79 Å². The van der Waals surface area contributed by atoms with Gasteiger partial charge < -0.3 is 4.90 Å². The topological polar surface area (TPSA) is 20.3 Å². The lowest BCUT2D eigenvalue weighted by Gasteiger charge is -2.17. The van der Waals surface area contributed by atoms with E-state index >= 15 is 0 Å². The Hall–Kier alpha value is -2.09. The number of rotatable bonds is 3. The number of carbonyl (C=O) groups is 1. The van der Waals surface area contributed by atoms with Gasteiger partial charge in [0, 0.05) is 18.2 Å². The third-order valence-corrected chi connectivity index (χ3v) is 3.69. The molecule has 0 N–H and O–H groups in total. The Labute approximate surface area is 113 Å². The third-order valence-electron chi connectivity index (χ3n) is 3.69. The van der Waals surface area contributed by atoms with Crippen molar-refractivity contribution in [3.63, 3.8) is 0 Å². The van der Waals surface area contributed by atoms with Gasteiger partial charge in [-0.1, -0.05) is 48.5 Å². The summed E-state index contributed by atoms with van der Waals surface area (Å²) in [6, 6.07) is 20.4. The van der Waals surface area contributed by atoms with Crippen LogP contribution in [-0.4, -0.2) is 18.9 Å². The van der Waals surface area contributed by atoms with Crippen LogP contribution >= 0.6 is 0 Å². The fourth-order valence-electron chi connectivity index (χ4n) is 2.66. The number of hydrogen-bond acceptors (Lipinski definition) is 2. The van der Waals surface area contributed by atoms with Crippen LogP contribution in [0.25, 0.3) is 0 Å². The second-order valence-electron chi connectivity index (χ2n) is 5.07. The van der Waals surface area contributed by atoms with Crippen LogP contribution in [0.5, 0.6) is 0 Å². The van der Waals surface area contributed by atoms with Crippen molar-refractivity contribution in [1.82, 2.24) is 0 Å². The molecule has 1 aliphatic rings. The second kappa shape index (κ2) is 5.27. The van der Waals surface area contributed by atoms with Crippen LogP contribution in [0.4, 0.5) is 5.69 Å². The Morgan fingerprint density at radius 3 is 2.26 bits per heavy atom. The molecule has 1 fully saturated rings. The Morgan fingerprint density at radius 2 is 1.58 bits per heavy atom. The first kappa shape index (κ1) is 12.0. The highest BCUT2D eigenvalue weighted by Gasteiger charge is 2.30. The molecule has 1 aliphatic heterocycles. The highest BCUT2D eigenvalue weighted by molar-refractivity contribution is 5.89. The van der Waals surface area contributed by atoms with Gasteiger partial charge in [0.1, 0.15) is 0 Å². The largest absolute Gasteiger partial charge is 0.363 e. The van der Waals surface area contributed by atoms with Crippen molar-refractivity contribution >= 4 is 11.5 Å². The van der Waals surface area contributed by atoms with Crippen LogP contribution in [0.2, 0.25) is 0 Å². The van der Waals surface area contributed by atoms with Crippen LogP contribution in [0.1, 0.15) is 5.56 Å². The number of Topliss-reactive ketones (excluding diaryl/α,β-unsaturated/α-hetero) is 1. The van der Waals surface area contributed by atoms with Gasteiger partial charge in [-0.05, 0) is 24.1 Å². The Balaban J connectivity index is 1.71. The van der Waals surface area contributed by atoms with E-state index in [1.807, 2.05) is 36.4 Å². The molecule has 0 aliphatic carbocycles. The number of nitrogens with zero attached hydrogens (tertiary/aromatic N) is 1. The molecule has 2 nitrogen and oxygen atoms in total. The van der Waals surface area contributed by atoms with E-state index < -0.39 is 0 Å². The first-order valence-electron chi connectivity index (χ1n) is 6.69. The molecule has 0 spiro atoms. The Morgan fingerprint density at radius 1 is 0.947 bits per heavy atom. The number of anilines is 1. The van der Waals surface area contributed by atoms with E-state index in [1.165, 1.54) is 5.56 Å². The van der Waals surface area contributed by atoms with E-state index in [0.29, 0.717) is 12.3 Å². The summed E-state index contributed by atoms with van der Waals surface area (Å²) in [5.74, 6) is 0.482. The fraction of sp³-hybridized carbons (Fsp3) is 0.235. The van der Waals surface area contributed by atoms with Crippen LogP contribution in [0.15, 0.2) is 60.7 Å². The van der Waals surface area contributed by atoms with Gasteiger partial charge in [-0.25, -0.2) is 0 Å². The first-order chi connectivity index (χ1) is 9.33. The summed E-state index contributed by atoms with van der Waals surface area (Å²) >= 11 is 0. The summed E-state index contributed by atoms with van der Waals surface area (Å²) in [6.45, 7) is 1.37. The molecule has 1 heterocycles. The van der Waals surface area contributed by atoms with Crippen molar-refractivity contribution in [2.45, 2.75) is 6.42 Å². The number of hydrogen-bond donors (Lipinski definition) is 0. The molecule has 1 saturated heterocycles. The number of benzene rings is 2. The van der Waals surface area contributed by atoms with Crippen molar-refractivity contribution in [3.8, 4) is 0 Å². The number of carbonyl (C=O) groups excluding carboxylic acids is 1. The van der Waals surface area contributed by atoms with Crippen molar-refractivity contribution in [1.29, 1.82) is 0 Å². The maximum atomic E-state index is 12.1. The predicted octanol–water partition coefficient (Wildman–Crippen LogP) is 2.93. The van der Waals surface area contributed by atoms with Gasteiger partial charge >= 0.3 is 0 Å². The third kappa shape index (κ3) is 2.68. The molecule has 3 rings (SSSR count). The Bertz CT molecular complexity index is 550. The van der Waals surface area contributed by atoms with Crippen LogP contribution < -0.4 is 4.90 Å². The summed E-state index contributed by atoms with van der Waals surface area (Å²) in [5, 5.41) is 0. The highest BCUT2D eigenvalue weighted by atomic mass is 16.1. The van der Waals surface area contributed by atoms with Gasteiger partial charge in [0.15, 0.2) is 5.78 Å². The lowest BCUT2D eigenvalue weighted by Crippen LogP contribution is -2.20. The number of para-hydroxylation sites is 1. The zero-order chi connectivity index (χ0) is 13.1. The van der Waals surface area contributed by atoms with Gasteiger partial charge in [0.2, 0.25) is 0 Å². The van der Waals surface area contributed by atoms with E-state index in [1.54, 1.807) is 0 Å². The summed E-state index contributed by atoms with van der Waals surface area (Å²) < 4.78 is 0. The number of ketones is 1. The second-order valence-corrected chi connectivity index (χ2v) is 5.07. The molecule has 2 heteroatoms. The predicted molar refractivity (Wildman–Crippen MR) is 77.3 cm³/mol. The molecule has 96 valence electrons. The zero-order valence-electron chi connectivity index (χ0n) is 10.8. The molecule has 0 amide bonds. The molecule has 19 heavy (non-hydrogen) atoms. The summed E-state index contributed by atoms with van der Waals surface area (Å²) in [6.07, 6.45) is 0.850. The van der Waals surface area contributed by atoms with Gasteiger partial charge in [-0.15, -0.1) is 0 Å². The van der Waals surface area contributed by atoms with E-state index in [0.717, 1.165) is 18.7 Å². The molecule has 0 saturated carbocycles. The molecular formula is C17H17NO. The lowest BCUT2D eigenvalue weighted by atomic mass is 9.98. The van der Waals surface area contributed by atoms with Crippen molar-refractivity contribution < 1.29 is 4.79 Å². The van der Waals surface area contributed by atoms with Crippen LogP contribution in [0.3, 0.4) is 0 Å². The van der Waals surface area contributed by atoms with E-state index in [2.05, 4.69) is 29.2 Å². The van der Waals surface area contributed by atoms with Crippen LogP contribution in [-0.2, 0) is 11.2 Å². The van der Waals surface area contributed by atoms with Crippen LogP contribution in [0, 0.1) is 5.92 Å². The van der Waals surface area contributed by atoms with E-state index in [-0.39, 0.29) is 5.92 Å².